The van der Waals surface area contributed by atoms with E-state index in [4.69, 9.17) is 11.6 Å². The zero-order chi connectivity index (χ0) is 11.3. The van der Waals surface area contributed by atoms with Crippen molar-refractivity contribution in [2.45, 2.75) is 6.54 Å². The largest absolute Gasteiger partial charge is 0.298 e. The van der Waals surface area contributed by atoms with E-state index in [1.54, 1.807) is 0 Å². The van der Waals surface area contributed by atoms with Crippen LogP contribution >= 0.6 is 24.2 Å². The molecule has 0 amide bonds. The van der Waals surface area contributed by atoms with Crippen LogP contribution in [0.2, 0.25) is 5.02 Å². The molecule has 1 rings (SSSR count). The minimum atomic E-state index is 0.741. The zero-order valence-corrected chi connectivity index (χ0v) is 10.6. The summed E-state index contributed by atoms with van der Waals surface area (Å²) in [6.07, 6.45) is 0. The van der Waals surface area contributed by atoms with Gasteiger partial charge in [0.15, 0.2) is 0 Å². The normalized spacial score (nSPS) is 10.7. The number of halogens is 1. The van der Waals surface area contributed by atoms with Crippen LogP contribution in [-0.4, -0.2) is 24.2 Å². The maximum atomic E-state index is 5.82. The van der Waals surface area contributed by atoms with Gasteiger partial charge in [0.1, 0.15) is 0 Å². The van der Waals surface area contributed by atoms with E-state index < -0.39 is 0 Å². The summed E-state index contributed by atoms with van der Waals surface area (Å²) in [5.41, 5.74) is 2.39. The summed E-state index contributed by atoms with van der Waals surface area (Å²) < 4.78 is 0. The van der Waals surface area contributed by atoms with E-state index in [-0.39, 0.29) is 0 Å². The van der Waals surface area contributed by atoms with Gasteiger partial charge in [0, 0.05) is 23.9 Å². The molecule has 0 saturated carbocycles. The fourth-order valence-corrected chi connectivity index (χ4v) is 1.62. The Morgan fingerprint density at radius 3 is 2.53 bits per heavy atom. The molecule has 15 heavy (non-hydrogen) atoms. The highest BCUT2D eigenvalue weighted by Gasteiger charge is 2.01. The minimum Gasteiger partial charge on any atom is -0.298 e. The summed E-state index contributed by atoms with van der Waals surface area (Å²) in [6.45, 7) is 5.72. The van der Waals surface area contributed by atoms with Crippen LogP contribution in [0.15, 0.2) is 36.4 Å². The standard InChI is InChI=1S/C12H16ClNS/c1-10(9-15)7-14(2)8-11-3-5-12(13)6-4-11/h3-6,15H,1,7-9H2,2H3. The molecule has 0 fully saturated rings. The minimum absolute atomic E-state index is 0.741. The molecule has 0 aromatic heterocycles. The first kappa shape index (κ1) is 12.6. The molecule has 0 N–H and O–H groups in total. The van der Waals surface area contributed by atoms with Crippen LogP contribution in [0.4, 0.5) is 0 Å². The van der Waals surface area contributed by atoms with Crippen molar-refractivity contribution in [3.8, 4) is 0 Å². The van der Waals surface area contributed by atoms with Crippen molar-refractivity contribution in [3.63, 3.8) is 0 Å². The number of benzene rings is 1. The molecule has 0 bridgehead atoms. The second-order valence-electron chi connectivity index (χ2n) is 3.71. The number of hydrogen-bond acceptors (Lipinski definition) is 2. The molecule has 0 unspecified atom stereocenters. The van der Waals surface area contributed by atoms with E-state index in [9.17, 15) is 0 Å². The topological polar surface area (TPSA) is 3.24 Å². The first-order chi connectivity index (χ1) is 7.11. The van der Waals surface area contributed by atoms with Crippen molar-refractivity contribution in [2.75, 3.05) is 19.3 Å². The Morgan fingerprint density at radius 1 is 1.40 bits per heavy atom. The van der Waals surface area contributed by atoms with Crippen molar-refractivity contribution in [2.24, 2.45) is 0 Å². The Labute approximate surface area is 102 Å². The van der Waals surface area contributed by atoms with Crippen molar-refractivity contribution in [1.82, 2.24) is 4.90 Å². The maximum Gasteiger partial charge on any atom is 0.0406 e. The Kier molecular flexibility index (Phi) is 5.23. The Balaban J connectivity index is 2.47. The van der Waals surface area contributed by atoms with E-state index in [1.165, 1.54) is 5.56 Å². The van der Waals surface area contributed by atoms with Crippen LogP contribution in [0, 0.1) is 0 Å². The summed E-state index contributed by atoms with van der Waals surface area (Å²) in [4.78, 5) is 2.21. The molecule has 0 aliphatic carbocycles. The van der Waals surface area contributed by atoms with Crippen LogP contribution in [-0.2, 0) is 6.54 Å². The fraction of sp³-hybridized carbons (Fsp3) is 0.333. The summed E-state index contributed by atoms with van der Waals surface area (Å²) in [6, 6.07) is 7.92. The zero-order valence-electron chi connectivity index (χ0n) is 8.91. The summed E-state index contributed by atoms with van der Waals surface area (Å²) in [5, 5.41) is 0.779. The van der Waals surface area contributed by atoms with Crippen molar-refractivity contribution in [3.05, 3.63) is 47.0 Å². The lowest BCUT2D eigenvalue weighted by molar-refractivity contribution is 0.356. The van der Waals surface area contributed by atoms with Gasteiger partial charge in [-0.3, -0.25) is 4.90 Å². The number of nitrogens with zero attached hydrogens (tertiary/aromatic N) is 1. The van der Waals surface area contributed by atoms with Crippen LogP contribution in [0.3, 0.4) is 0 Å². The first-order valence-corrected chi connectivity index (χ1v) is 5.83. The third kappa shape index (κ3) is 4.74. The summed E-state index contributed by atoms with van der Waals surface area (Å²) in [7, 11) is 2.07. The molecule has 0 heterocycles. The van der Waals surface area contributed by atoms with Gasteiger partial charge in [-0.25, -0.2) is 0 Å². The smallest absolute Gasteiger partial charge is 0.0406 e. The highest BCUT2D eigenvalue weighted by atomic mass is 35.5. The van der Waals surface area contributed by atoms with Gasteiger partial charge in [0.05, 0.1) is 0 Å². The Hall–Kier alpha value is -0.440. The van der Waals surface area contributed by atoms with Gasteiger partial charge in [-0.1, -0.05) is 35.9 Å². The molecule has 0 radical (unpaired) electrons. The van der Waals surface area contributed by atoms with Gasteiger partial charge in [-0.15, -0.1) is 0 Å². The second kappa shape index (κ2) is 6.21. The lowest BCUT2D eigenvalue weighted by Gasteiger charge is -2.17. The number of thiol groups is 1. The molecule has 0 aliphatic rings. The Bertz CT molecular complexity index is 321. The third-order valence-electron chi connectivity index (χ3n) is 2.08. The van der Waals surface area contributed by atoms with E-state index in [0.29, 0.717) is 0 Å². The highest BCUT2D eigenvalue weighted by Crippen LogP contribution is 2.11. The van der Waals surface area contributed by atoms with E-state index >= 15 is 0 Å². The molecule has 0 atom stereocenters. The molecule has 0 aliphatic heterocycles. The fourth-order valence-electron chi connectivity index (χ4n) is 1.39. The lowest BCUT2D eigenvalue weighted by Crippen LogP contribution is -2.20. The molecular weight excluding hydrogens is 226 g/mol. The van der Waals surface area contributed by atoms with Crippen LogP contribution in [0.1, 0.15) is 5.56 Å². The molecular formula is C12H16ClNS. The average Bonchev–Trinajstić information content (AvgIpc) is 2.21. The lowest BCUT2D eigenvalue weighted by atomic mass is 10.2. The van der Waals surface area contributed by atoms with Gasteiger partial charge in [0.2, 0.25) is 0 Å². The van der Waals surface area contributed by atoms with Gasteiger partial charge in [-0.2, -0.15) is 12.6 Å². The molecule has 3 heteroatoms. The predicted octanol–water partition coefficient (Wildman–Crippen LogP) is 3.26. The molecule has 1 nitrogen and oxygen atoms in total. The predicted molar refractivity (Wildman–Crippen MR) is 70.8 cm³/mol. The van der Waals surface area contributed by atoms with Gasteiger partial charge in [0.25, 0.3) is 0 Å². The number of hydrogen-bond donors (Lipinski definition) is 1. The molecule has 1 aromatic rings. The molecule has 0 spiro atoms. The Morgan fingerprint density at radius 2 is 2.00 bits per heavy atom. The maximum absolute atomic E-state index is 5.82. The van der Waals surface area contributed by atoms with E-state index in [1.807, 2.05) is 24.3 Å². The summed E-state index contributed by atoms with van der Waals surface area (Å²) in [5.74, 6) is 0.741. The molecule has 0 saturated heterocycles. The number of likely N-dealkylation sites (N-methyl/N-ethyl adjacent to an activating group) is 1. The van der Waals surface area contributed by atoms with Crippen molar-refractivity contribution < 1.29 is 0 Å². The SMILES string of the molecule is C=C(CS)CN(C)Cc1ccc(Cl)cc1. The number of rotatable bonds is 5. The van der Waals surface area contributed by atoms with Gasteiger partial charge >= 0.3 is 0 Å². The molecule has 1 aromatic carbocycles. The second-order valence-corrected chi connectivity index (χ2v) is 4.46. The van der Waals surface area contributed by atoms with Gasteiger partial charge in [-0.05, 0) is 24.7 Å². The van der Waals surface area contributed by atoms with Crippen LogP contribution in [0.5, 0.6) is 0 Å². The van der Waals surface area contributed by atoms with Crippen molar-refractivity contribution >= 4 is 24.2 Å². The van der Waals surface area contributed by atoms with E-state index in [0.717, 1.165) is 29.4 Å². The third-order valence-corrected chi connectivity index (χ3v) is 2.78. The highest BCUT2D eigenvalue weighted by molar-refractivity contribution is 7.80. The average molecular weight is 242 g/mol. The van der Waals surface area contributed by atoms with E-state index in [2.05, 4.69) is 31.2 Å². The van der Waals surface area contributed by atoms with Crippen molar-refractivity contribution in [1.29, 1.82) is 0 Å². The van der Waals surface area contributed by atoms with Crippen LogP contribution < -0.4 is 0 Å². The van der Waals surface area contributed by atoms with Gasteiger partial charge < -0.3 is 0 Å². The first-order valence-electron chi connectivity index (χ1n) is 4.82. The monoisotopic (exact) mass is 241 g/mol. The quantitative estimate of drug-likeness (QED) is 0.612. The summed E-state index contributed by atoms with van der Waals surface area (Å²) >= 11 is 10.0. The molecule has 82 valence electrons. The van der Waals surface area contributed by atoms with Crippen LogP contribution in [0.25, 0.3) is 0 Å².